The van der Waals surface area contributed by atoms with Gasteiger partial charge in [0.05, 0.1) is 0 Å². The van der Waals surface area contributed by atoms with Gasteiger partial charge in [0.1, 0.15) is 5.78 Å². The maximum absolute atomic E-state index is 11.7. The van der Waals surface area contributed by atoms with Crippen LogP contribution in [0.15, 0.2) is 25.6 Å². The lowest BCUT2D eigenvalue weighted by molar-refractivity contribution is -0.118. The van der Waals surface area contributed by atoms with E-state index >= 15 is 0 Å². The largest absolute Gasteiger partial charge is 0.299 e. The van der Waals surface area contributed by atoms with Gasteiger partial charge in [-0.15, -0.1) is 0 Å². The molecule has 1 atom stereocenters. The predicted octanol–water partition coefficient (Wildman–Crippen LogP) is 4.81. The van der Waals surface area contributed by atoms with Gasteiger partial charge >= 0.3 is 0 Å². The average Bonchev–Trinajstić information content (AvgIpc) is 2.50. The summed E-state index contributed by atoms with van der Waals surface area (Å²) in [6, 6.07) is 3.98. The molecular weight excluding hydrogens is 388 g/mol. The highest BCUT2D eigenvalue weighted by molar-refractivity contribution is 9.11. The van der Waals surface area contributed by atoms with Crippen molar-refractivity contribution in [3.8, 4) is 0 Å². The normalized spacial score (nSPS) is 21.0. The number of carbonyl (C=O) groups excluding carboxylic acids is 1. The Balaban J connectivity index is 2.47. The van der Waals surface area contributed by atoms with Crippen LogP contribution >= 0.6 is 47.8 Å². The van der Waals surface area contributed by atoms with E-state index in [1.165, 1.54) is 0 Å². The summed E-state index contributed by atoms with van der Waals surface area (Å²) in [6.45, 7) is 0. The minimum Gasteiger partial charge on any atom is -0.299 e. The van der Waals surface area contributed by atoms with Gasteiger partial charge in [-0.1, -0.05) is 47.8 Å². The molecule has 0 aromatic heterocycles. The van der Waals surface area contributed by atoms with Gasteiger partial charge in [0.2, 0.25) is 0 Å². The van der Waals surface area contributed by atoms with E-state index in [2.05, 4.69) is 47.8 Å². The molecule has 1 aliphatic carbocycles. The van der Waals surface area contributed by atoms with Crippen LogP contribution < -0.4 is 0 Å². The molecule has 80 valence electrons. The minimum atomic E-state index is 0.0712. The highest BCUT2D eigenvalue weighted by atomic mass is 79.9. The fourth-order valence-electron chi connectivity index (χ4n) is 2.01. The first-order valence-electron chi connectivity index (χ1n) is 4.76. The van der Waals surface area contributed by atoms with Crippen molar-refractivity contribution in [3.05, 3.63) is 31.1 Å². The van der Waals surface area contributed by atoms with Crippen molar-refractivity contribution in [2.75, 3.05) is 0 Å². The molecule has 0 heterocycles. The van der Waals surface area contributed by atoms with Crippen molar-refractivity contribution in [2.45, 2.75) is 25.2 Å². The second-order valence-corrected chi connectivity index (χ2v) is 6.32. The van der Waals surface area contributed by atoms with Gasteiger partial charge < -0.3 is 0 Å². The summed E-state index contributed by atoms with van der Waals surface area (Å²) in [6.07, 6.45) is 2.70. The number of Topliss-reactive ketones (excluding diaryl/α,β-unsaturated/α-hetero) is 1. The van der Waals surface area contributed by atoms with Crippen LogP contribution in [0.25, 0.3) is 0 Å². The summed E-state index contributed by atoms with van der Waals surface area (Å²) in [5.41, 5.74) is 1.10. The van der Waals surface area contributed by atoms with Gasteiger partial charge in [0.25, 0.3) is 0 Å². The zero-order valence-electron chi connectivity index (χ0n) is 7.90. The molecule has 1 saturated carbocycles. The zero-order chi connectivity index (χ0) is 11.0. The molecule has 1 fully saturated rings. The highest BCUT2D eigenvalue weighted by Gasteiger charge is 2.29. The van der Waals surface area contributed by atoms with Gasteiger partial charge in [0.15, 0.2) is 0 Å². The Hall–Kier alpha value is 0.330. The van der Waals surface area contributed by atoms with Crippen LogP contribution in [0.4, 0.5) is 0 Å². The van der Waals surface area contributed by atoms with Crippen LogP contribution in [0.1, 0.15) is 30.7 Å². The van der Waals surface area contributed by atoms with Gasteiger partial charge in [0, 0.05) is 25.8 Å². The molecule has 1 aliphatic rings. The summed E-state index contributed by atoms with van der Waals surface area (Å²) in [5.74, 6) is 0.431. The van der Waals surface area contributed by atoms with E-state index in [9.17, 15) is 4.79 Å². The van der Waals surface area contributed by atoms with Gasteiger partial charge in [-0.25, -0.2) is 0 Å². The number of hydrogen-bond acceptors (Lipinski definition) is 1. The van der Waals surface area contributed by atoms with Gasteiger partial charge in [-0.2, -0.15) is 0 Å². The molecule has 1 unspecified atom stereocenters. The molecule has 0 aliphatic heterocycles. The van der Waals surface area contributed by atoms with E-state index in [1.807, 2.05) is 12.1 Å². The zero-order valence-corrected chi connectivity index (χ0v) is 12.7. The third-order valence-electron chi connectivity index (χ3n) is 2.70. The quantitative estimate of drug-likeness (QED) is 0.665. The van der Waals surface area contributed by atoms with Crippen LogP contribution in [-0.4, -0.2) is 5.78 Å². The Labute approximate surface area is 114 Å². The van der Waals surface area contributed by atoms with Crippen LogP contribution in [-0.2, 0) is 4.79 Å². The van der Waals surface area contributed by atoms with Gasteiger partial charge in [-0.3, -0.25) is 4.79 Å². The molecule has 0 saturated heterocycles. The molecule has 15 heavy (non-hydrogen) atoms. The molecule has 0 spiro atoms. The molecule has 0 bridgehead atoms. The summed E-state index contributed by atoms with van der Waals surface area (Å²) in [4.78, 5) is 11.7. The maximum atomic E-state index is 11.7. The molecule has 1 nitrogen and oxygen atoms in total. The Morgan fingerprint density at radius 3 is 2.20 bits per heavy atom. The fourth-order valence-corrected chi connectivity index (χ4v) is 4.82. The molecule has 1 aromatic rings. The minimum absolute atomic E-state index is 0.0712. The summed E-state index contributed by atoms with van der Waals surface area (Å²) in [5, 5.41) is 0. The van der Waals surface area contributed by atoms with Crippen LogP contribution in [0.3, 0.4) is 0 Å². The lowest BCUT2D eigenvalue weighted by Gasteiger charge is -2.13. The summed E-state index contributed by atoms with van der Waals surface area (Å²) in [7, 11) is 0. The fraction of sp³-hybridized carbons (Fsp3) is 0.364. The number of halogens is 3. The van der Waals surface area contributed by atoms with Crippen molar-refractivity contribution < 1.29 is 4.79 Å². The van der Waals surface area contributed by atoms with Crippen LogP contribution in [0.2, 0.25) is 0 Å². The highest BCUT2D eigenvalue weighted by Crippen LogP contribution is 2.40. The summed E-state index contributed by atoms with van der Waals surface area (Å²) >= 11 is 10.5. The van der Waals surface area contributed by atoms with E-state index < -0.39 is 0 Å². The molecule has 2 rings (SSSR count). The lowest BCUT2D eigenvalue weighted by Crippen LogP contribution is -2.06. The SMILES string of the molecule is O=C1CCCC1c1c(Br)cc(Br)cc1Br. The molecule has 1 aromatic carbocycles. The van der Waals surface area contributed by atoms with Crippen molar-refractivity contribution in [2.24, 2.45) is 0 Å². The first-order chi connectivity index (χ1) is 7.09. The average molecular weight is 397 g/mol. The van der Waals surface area contributed by atoms with Crippen molar-refractivity contribution in [1.82, 2.24) is 0 Å². The van der Waals surface area contributed by atoms with E-state index in [-0.39, 0.29) is 5.92 Å². The third kappa shape index (κ3) is 2.37. The summed E-state index contributed by atoms with van der Waals surface area (Å²) < 4.78 is 3.02. The third-order valence-corrected chi connectivity index (χ3v) is 4.47. The topological polar surface area (TPSA) is 17.1 Å². The van der Waals surface area contributed by atoms with Crippen LogP contribution in [0.5, 0.6) is 0 Å². The van der Waals surface area contributed by atoms with E-state index in [1.54, 1.807) is 0 Å². The van der Waals surface area contributed by atoms with Crippen molar-refractivity contribution in [1.29, 1.82) is 0 Å². The Morgan fingerprint density at radius 2 is 1.73 bits per heavy atom. The molecular formula is C11H9Br3O. The van der Waals surface area contributed by atoms with Crippen molar-refractivity contribution >= 4 is 53.6 Å². The number of carbonyl (C=O) groups is 1. The van der Waals surface area contributed by atoms with E-state index in [4.69, 9.17) is 0 Å². The molecule has 0 N–H and O–H groups in total. The number of hydrogen-bond donors (Lipinski definition) is 0. The second-order valence-electron chi connectivity index (χ2n) is 3.69. The Kier molecular flexibility index (Phi) is 3.68. The van der Waals surface area contributed by atoms with Crippen LogP contribution in [0, 0.1) is 0 Å². The second kappa shape index (κ2) is 4.68. The lowest BCUT2D eigenvalue weighted by atomic mass is 9.97. The predicted molar refractivity (Wildman–Crippen MR) is 71.1 cm³/mol. The maximum Gasteiger partial charge on any atom is 0.140 e. The first kappa shape index (κ1) is 11.8. The standard InChI is InChI=1S/C11H9Br3O/c12-6-4-8(13)11(9(14)5-6)7-2-1-3-10(7)15/h4-5,7H,1-3H2. The molecule has 0 amide bonds. The molecule has 4 heteroatoms. The number of rotatable bonds is 1. The monoisotopic (exact) mass is 394 g/mol. The van der Waals surface area contributed by atoms with Gasteiger partial charge in [-0.05, 0) is 30.5 Å². The number of benzene rings is 1. The molecule has 0 radical (unpaired) electrons. The Bertz CT molecular complexity index is 391. The Morgan fingerprint density at radius 1 is 1.13 bits per heavy atom. The van der Waals surface area contributed by atoms with E-state index in [0.717, 1.165) is 38.2 Å². The van der Waals surface area contributed by atoms with E-state index in [0.29, 0.717) is 5.78 Å². The smallest absolute Gasteiger partial charge is 0.140 e. The first-order valence-corrected chi connectivity index (χ1v) is 7.14. The van der Waals surface area contributed by atoms with Crippen molar-refractivity contribution in [3.63, 3.8) is 0 Å². The number of ketones is 1.